The van der Waals surface area contributed by atoms with Gasteiger partial charge in [-0.05, 0) is 68.0 Å². The molecule has 0 aliphatic heterocycles. The van der Waals surface area contributed by atoms with Crippen molar-refractivity contribution in [2.24, 2.45) is 0 Å². The summed E-state index contributed by atoms with van der Waals surface area (Å²) in [6, 6.07) is 12.2. The van der Waals surface area contributed by atoms with E-state index in [4.69, 9.17) is 4.74 Å². The number of hydrogen-bond donors (Lipinski definition) is 1. The van der Waals surface area contributed by atoms with Crippen molar-refractivity contribution in [3.05, 3.63) is 70.5 Å². The number of rotatable bonds is 6. The van der Waals surface area contributed by atoms with E-state index >= 15 is 0 Å². The number of aryl methyl sites for hydroxylation is 4. The van der Waals surface area contributed by atoms with Crippen LogP contribution in [0.4, 0.5) is 5.69 Å². The van der Waals surface area contributed by atoms with Crippen LogP contribution in [0.3, 0.4) is 0 Å². The lowest BCUT2D eigenvalue weighted by atomic mass is 10.1. The van der Waals surface area contributed by atoms with E-state index in [1.54, 1.807) is 6.20 Å². The summed E-state index contributed by atoms with van der Waals surface area (Å²) in [6.45, 7) is 4.45. The van der Waals surface area contributed by atoms with Crippen molar-refractivity contribution >= 4 is 11.6 Å². The SMILES string of the molecule is Cc1ccc(NC(=O)Cn2cc(COc3ccc4c(c3)CCC4)nn2)c(C)c1. The van der Waals surface area contributed by atoms with E-state index in [9.17, 15) is 4.79 Å². The fraction of sp³-hybridized carbons (Fsp3) is 0.318. The van der Waals surface area contributed by atoms with E-state index in [-0.39, 0.29) is 12.5 Å². The maximum absolute atomic E-state index is 12.3. The first kappa shape index (κ1) is 18.2. The summed E-state index contributed by atoms with van der Waals surface area (Å²) >= 11 is 0. The fourth-order valence-electron chi connectivity index (χ4n) is 3.57. The van der Waals surface area contributed by atoms with Gasteiger partial charge in [-0.1, -0.05) is 29.0 Å². The summed E-state index contributed by atoms with van der Waals surface area (Å²) in [5.41, 5.74) is 6.52. The van der Waals surface area contributed by atoms with Crippen LogP contribution in [-0.2, 0) is 30.8 Å². The van der Waals surface area contributed by atoms with E-state index in [0.717, 1.165) is 29.8 Å². The second-order valence-electron chi connectivity index (χ2n) is 7.35. The van der Waals surface area contributed by atoms with Crippen LogP contribution in [-0.4, -0.2) is 20.9 Å². The van der Waals surface area contributed by atoms with Crippen LogP contribution >= 0.6 is 0 Å². The molecule has 0 fully saturated rings. The highest BCUT2D eigenvalue weighted by atomic mass is 16.5. The molecule has 1 N–H and O–H groups in total. The predicted octanol–water partition coefficient (Wildman–Crippen LogP) is 3.60. The van der Waals surface area contributed by atoms with Crippen LogP contribution in [0.1, 0.15) is 34.4 Å². The number of ether oxygens (including phenoxy) is 1. The molecule has 6 heteroatoms. The van der Waals surface area contributed by atoms with Gasteiger partial charge in [-0.25, -0.2) is 4.68 Å². The molecule has 0 radical (unpaired) electrons. The van der Waals surface area contributed by atoms with E-state index in [1.165, 1.54) is 27.8 Å². The van der Waals surface area contributed by atoms with Gasteiger partial charge in [0.05, 0.1) is 6.20 Å². The maximum atomic E-state index is 12.3. The number of nitrogens with zero attached hydrogens (tertiary/aromatic N) is 3. The third-order valence-electron chi connectivity index (χ3n) is 5.00. The molecular formula is C22H24N4O2. The summed E-state index contributed by atoms with van der Waals surface area (Å²) in [7, 11) is 0. The molecule has 1 aromatic heterocycles. The van der Waals surface area contributed by atoms with Crippen molar-refractivity contribution in [2.75, 3.05) is 5.32 Å². The monoisotopic (exact) mass is 376 g/mol. The average molecular weight is 376 g/mol. The van der Waals surface area contributed by atoms with Crippen LogP contribution in [0.15, 0.2) is 42.6 Å². The molecule has 0 saturated heterocycles. The number of nitrogens with one attached hydrogen (secondary N) is 1. The van der Waals surface area contributed by atoms with Crippen LogP contribution in [0, 0.1) is 13.8 Å². The van der Waals surface area contributed by atoms with E-state index in [0.29, 0.717) is 12.3 Å². The topological polar surface area (TPSA) is 69.0 Å². The van der Waals surface area contributed by atoms with Gasteiger partial charge in [-0.3, -0.25) is 4.79 Å². The van der Waals surface area contributed by atoms with E-state index in [2.05, 4.69) is 27.8 Å². The third kappa shape index (κ3) is 4.22. The Balaban J connectivity index is 1.32. The Bertz CT molecular complexity index is 1010. The lowest BCUT2D eigenvalue weighted by molar-refractivity contribution is -0.116. The second kappa shape index (κ2) is 7.84. The summed E-state index contributed by atoms with van der Waals surface area (Å²) in [4.78, 5) is 12.3. The Morgan fingerprint density at radius 2 is 2.00 bits per heavy atom. The molecule has 0 bridgehead atoms. The van der Waals surface area contributed by atoms with E-state index < -0.39 is 0 Å². The molecule has 1 amide bonds. The van der Waals surface area contributed by atoms with Gasteiger partial charge >= 0.3 is 0 Å². The molecule has 3 aromatic rings. The number of fused-ring (bicyclic) bond motifs is 1. The Labute approximate surface area is 164 Å². The summed E-state index contributed by atoms with van der Waals surface area (Å²) in [5, 5.41) is 11.0. The number of benzene rings is 2. The van der Waals surface area contributed by atoms with Crippen LogP contribution in [0.25, 0.3) is 0 Å². The molecule has 0 unspecified atom stereocenters. The molecule has 6 nitrogen and oxygen atoms in total. The zero-order valence-corrected chi connectivity index (χ0v) is 16.2. The minimum atomic E-state index is -0.136. The number of aromatic nitrogens is 3. The molecule has 0 saturated carbocycles. The molecule has 1 aliphatic rings. The van der Waals surface area contributed by atoms with Gasteiger partial charge in [0.25, 0.3) is 0 Å². The highest BCUT2D eigenvalue weighted by molar-refractivity contribution is 5.91. The molecule has 1 heterocycles. The van der Waals surface area contributed by atoms with Gasteiger partial charge in [0.1, 0.15) is 24.6 Å². The molecule has 4 rings (SSSR count). The Morgan fingerprint density at radius 3 is 2.86 bits per heavy atom. The first-order valence-corrected chi connectivity index (χ1v) is 9.57. The van der Waals surface area contributed by atoms with Crippen molar-refractivity contribution in [1.29, 1.82) is 0 Å². The molecule has 0 atom stereocenters. The average Bonchev–Trinajstić information content (AvgIpc) is 3.31. The first-order valence-electron chi connectivity index (χ1n) is 9.57. The Kier molecular flexibility index (Phi) is 5.10. The molecule has 2 aromatic carbocycles. The first-order chi connectivity index (χ1) is 13.6. The zero-order valence-electron chi connectivity index (χ0n) is 16.2. The highest BCUT2D eigenvalue weighted by Crippen LogP contribution is 2.26. The van der Waals surface area contributed by atoms with Gasteiger partial charge in [-0.2, -0.15) is 0 Å². The van der Waals surface area contributed by atoms with Gasteiger partial charge in [-0.15, -0.1) is 5.10 Å². The predicted molar refractivity (Wildman–Crippen MR) is 107 cm³/mol. The molecule has 0 spiro atoms. The largest absolute Gasteiger partial charge is 0.487 e. The lowest BCUT2D eigenvalue weighted by Crippen LogP contribution is -2.19. The Morgan fingerprint density at radius 1 is 1.14 bits per heavy atom. The number of carbonyl (C=O) groups is 1. The third-order valence-corrected chi connectivity index (χ3v) is 5.00. The quantitative estimate of drug-likeness (QED) is 0.714. The second-order valence-corrected chi connectivity index (χ2v) is 7.35. The smallest absolute Gasteiger partial charge is 0.246 e. The van der Waals surface area contributed by atoms with Crippen molar-refractivity contribution < 1.29 is 9.53 Å². The molecule has 28 heavy (non-hydrogen) atoms. The van der Waals surface area contributed by atoms with Crippen molar-refractivity contribution in [3.8, 4) is 5.75 Å². The minimum Gasteiger partial charge on any atom is -0.487 e. The lowest BCUT2D eigenvalue weighted by Gasteiger charge is -2.09. The van der Waals surface area contributed by atoms with Crippen molar-refractivity contribution in [1.82, 2.24) is 15.0 Å². The van der Waals surface area contributed by atoms with Crippen LogP contribution in [0.2, 0.25) is 0 Å². The van der Waals surface area contributed by atoms with Gasteiger partial charge in [0, 0.05) is 5.69 Å². The van der Waals surface area contributed by atoms with Gasteiger partial charge < -0.3 is 10.1 Å². The molecule has 144 valence electrons. The highest BCUT2D eigenvalue weighted by Gasteiger charge is 2.12. The normalized spacial score (nSPS) is 12.6. The van der Waals surface area contributed by atoms with Crippen molar-refractivity contribution in [3.63, 3.8) is 0 Å². The van der Waals surface area contributed by atoms with Crippen molar-refractivity contribution in [2.45, 2.75) is 46.3 Å². The molecular weight excluding hydrogens is 352 g/mol. The summed E-state index contributed by atoms with van der Waals surface area (Å²) < 4.78 is 7.37. The zero-order chi connectivity index (χ0) is 19.5. The van der Waals surface area contributed by atoms with Crippen LogP contribution in [0.5, 0.6) is 5.75 Å². The number of anilines is 1. The standard InChI is InChI=1S/C22H24N4O2/c1-15-6-9-21(16(2)10-15)23-22(27)13-26-12-19(24-25-26)14-28-20-8-7-17-4-3-5-18(17)11-20/h6-12H,3-5,13-14H2,1-2H3,(H,23,27). The number of carbonyl (C=O) groups excluding carboxylic acids is 1. The fourth-order valence-corrected chi connectivity index (χ4v) is 3.57. The number of hydrogen-bond acceptors (Lipinski definition) is 4. The van der Waals surface area contributed by atoms with E-state index in [1.807, 2.05) is 38.1 Å². The minimum absolute atomic E-state index is 0.110. The van der Waals surface area contributed by atoms with Gasteiger partial charge in [0.15, 0.2) is 0 Å². The Hall–Kier alpha value is -3.15. The summed E-state index contributed by atoms with van der Waals surface area (Å²) in [5.74, 6) is 0.714. The van der Waals surface area contributed by atoms with Crippen LogP contribution < -0.4 is 10.1 Å². The maximum Gasteiger partial charge on any atom is 0.246 e. The summed E-state index contributed by atoms with van der Waals surface area (Å²) in [6.07, 6.45) is 5.25. The van der Waals surface area contributed by atoms with Gasteiger partial charge in [0.2, 0.25) is 5.91 Å². The molecule has 1 aliphatic carbocycles. The number of amides is 1.